The smallest absolute Gasteiger partial charge is 0.336 e. The second-order valence-electron chi connectivity index (χ2n) is 5.97. The molecule has 0 aliphatic carbocycles. The summed E-state index contributed by atoms with van der Waals surface area (Å²) in [5.41, 5.74) is 1.27. The van der Waals surface area contributed by atoms with Gasteiger partial charge in [0.15, 0.2) is 11.5 Å². The van der Waals surface area contributed by atoms with Gasteiger partial charge in [0.05, 0.1) is 6.61 Å². The molecule has 0 unspecified atom stereocenters. The van der Waals surface area contributed by atoms with E-state index in [1.165, 1.54) is 12.1 Å². The number of ether oxygens (including phenoxy) is 3. The minimum Gasteiger partial charge on any atom is -0.504 e. The summed E-state index contributed by atoms with van der Waals surface area (Å²) in [7, 11) is 0. The van der Waals surface area contributed by atoms with Crippen molar-refractivity contribution in [3.05, 3.63) is 46.8 Å². The number of hydrogen-bond acceptors (Lipinski definition) is 6. The van der Waals surface area contributed by atoms with Gasteiger partial charge in [-0.05, 0) is 30.7 Å². The molecule has 0 spiro atoms. The molecular formula is C20H18O6. The Balaban J connectivity index is 1.91. The molecule has 0 amide bonds. The van der Waals surface area contributed by atoms with Crippen molar-refractivity contribution >= 4 is 11.0 Å². The largest absolute Gasteiger partial charge is 0.504 e. The molecule has 1 N–H and O–H groups in total. The lowest BCUT2D eigenvalue weighted by atomic mass is 10.00. The van der Waals surface area contributed by atoms with Gasteiger partial charge in [-0.15, -0.1) is 0 Å². The van der Waals surface area contributed by atoms with Gasteiger partial charge >= 0.3 is 5.63 Å². The van der Waals surface area contributed by atoms with Crippen molar-refractivity contribution in [3.8, 4) is 34.1 Å². The first-order valence-corrected chi connectivity index (χ1v) is 8.50. The molecule has 26 heavy (non-hydrogen) atoms. The molecule has 6 heteroatoms. The third-order valence-corrected chi connectivity index (χ3v) is 4.15. The van der Waals surface area contributed by atoms with Crippen LogP contribution in [0.5, 0.6) is 23.0 Å². The van der Waals surface area contributed by atoms with Crippen LogP contribution in [0.25, 0.3) is 22.1 Å². The number of hydrogen-bond donors (Lipinski definition) is 1. The topological polar surface area (TPSA) is 78.1 Å². The van der Waals surface area contributed by atoms with Crippen LogP contribution in [0, 0.1) is 0 Å². The van der Waals surface area contributed by atoms with E-state index in [0.717, 1.165) is 11.8 Å². The zero-order valence-electron chi connectivity index (χ0n) is 14.3. The molecule has 0 bridgehead atoms. The minimum atomic E-state index is -0.473. The summed E-state index contributed by atoms with van der Waals surface area (Å²) in [5, 5.41) is 10.8. The van der Waals surface area contributed by atoms with E-state index in [1.54, 1.807) is 12.1 Å². The average molecular weight is 354 g/mol. The predicted molar refractivity (Wildman–Crippen MR) is 96.4 cm³/mol. The Hall–Kier alpha value is -3.15. The Labute approximate surface area is 149 Å². The van der Waals surface area contributed by atoms with Crippen LogP contribution in [-0.2, 0) is 0 Å². The molecule has 1 aliphatic rings. The lowest BCUT2D eigenvalue weighted by Gasteiger charge is -2.22. The highest BCUT2D eigenvalue weighted by atomic mass is 16.6. The second-order valence-corrected chi connectivity index (χ2v) is 5.97. The molecule has 0 saturated carbocycles. The van der Waals surface area contributed by atoms with Crippen LogP contribution in [0.4, 0.5) is 0 Å². The van der Waals surface area contributed by atoms with E-state index in [1.807, 2.05) is 19.1 Å². The maximum Gasteiger partial charge on any atom is 0.336 e. The van der Waals surface area contributed by atoms with E-state index in [4.69, 9.17) is 18.6 Å². The van der Waals surface area contributed by atoms with Crippen LogP contribution < -0.4 is 19.8 Å². The minimum absolute atomic E-state index is 0.00553. The highest BCUT2D eigenvalue weighted by molar-refractivity contribution is 5.96. The molecule has 0 atom stereocenters. The van der Waals surface area contributed by atoms with Crippen LogP contribution >= 0.6 is 0 Å². The number of phenols is 1. The van der Waals surface area contributed by atoms with E-state index in [-0.39, 0.29) is 11.5 Å². The number of benzene rings is 2. The Kier molecular flexibility index (Phi) is 4.16. The van der Waals surface area contributed by atoms with Gasteiger partial charge in [0, 0.05) is 28.6 Å². The molecule has 6 nitrogen and oxygen atoms in total. The van der Waals surface area contributed by atoms with Gasteiger partial charge in [-0.25, -0.2) is 4.79 Å². The van der Waals surface area contributed by atoms with Crippen molar-refractivity contribution in [1.82, 2.24) is 0 Å². The molecule has 0 saturated heterocycles. The molecule has 1 aromatic heterocycles. The Bertz CT molecular complexity index is 1020. The number of phenolic OH excluding ortho intramolecular Hbond substituents is 1. The second kappa shape index (κ2) is 6.63. The summed E-state index contributed by atoms with van der Waals surface area (Å²) >= 11 is 0. The fourth-order valence-electron chi connectivity index (χ4n) is 3.01. The zero-order chi connectivity index (χ0) is 18.1. The quantitative estimate of drug-likeness (QED) is 0.720. The van der Waals surface area contributed by atoms with Gasteiger partial charge in [-0.2, -0.15) is 0 Å². The predicted octanol–water partition coefficient (Wildman–Crippen LogP) is 3.73. The van der Waals surface area contributed by atoms with E-state index >= 15 is 0 Å². The number of fused-ring (bicyclic) bond motifs is 2. The molecule has 3 aromatic rings. The van der Waals surface area contributed by atoms with Crippen LogP contribution in [0.15, 0.2) is 45.6 Å². The van der Waals surface area contributed by atoms with E-state index in [9.17, 15) is 9.90 Å². The molecule has 4 rings (SSSR count). The van der Waals surface area contributed by atoms with Gasteiger partial charge in [-0.3, -0.25) is 0 Å². The Morgan fingerprint density at radius 3 is 2.65 bits per heavy atom. The highest BCUT2D eigenvalue weighted by Crippen LogP contribution is 2.46. The Morgan fingerprint density at radius 1 is 1.04 bits per heavy atom. The van der Waals surface area contributed by atoms with E-state index in [0.29, 0.717) is 48.0 Å². The normalized spacial score (nSPS) is 13.0. The van der Waals surface area contributed by atoms with Gasteiger partial charge in [0.1, 0.15) is 24.5 Å². The van der Waals surface area contributed by atoms with Crippen molar-refractivity contribution < 1.29 is 23.7 Å². The maximum atomic E-state index is 12.1. The first kappa shape index (κ1) is 16.3. The van der Waals surface area contributed by atoms with Gasteiger partial charge < -0.3 is 23.7 Å². The first-order valence-electron chi connectivity index (χ1n) is 8.50. The summed E-state index contributed by atoms with van der Waals surface area (Å²) in [6.07, 6.45) is 0.888. The third-order valence-electron chi connectivity index (χ3n) is 4.15. The summed E-state index contributed by atoms with van der Waals surface area (Å²) in [4.78, 5) is 12.1. The van der Waals surface area contributed by atoms with Gasteiger partial charge in [0.2, 0.25) is 5.75 Å². The first-order chi connectivity index (χ1) is 12.7. The highest BCUT2D eigenvalue weighted by Gasteiger charge is 2.22. The van der Waals surface area contributed by atoms with Crippen LogP contribution in [-0.4, -0.2) is 24.9 Å². The summed E-state index contributed by atoms with van der Waals surface area (Å²) in [6.45, 7) is 3.35. The molecular weight excluding hydrogens is 336 g/mol. The number of aromatic hydroxyl groups is 1. The standard InChI is InChI=1S/C20H18O6/c1-2-7-23-12-3-4-13-15(11-18(22)26-17(13)10-12)14-5-6-16(21)20-19(14)24-8-9-25-20/h3-6,10-11,21H,2,7-9H2,1H3. The molecule has 0 fully saturated rings. The lowest BCUT2D eigenvalue weighted by Crippen LogP contribution is -2.16. The summed E-state index contributed by atoms with van der Waals surface area (Å²) in [6, 6.07) is 10.0. The maximum absolute atomic E-state index is 12.1. The molecule has 2 heterocycles. The van der Waals surface area contributed by atoms with Gasteiger partial charge in [-0.1, -0.05) is 6.92 Å². The molecule has 2 aromatic carbocycles. The molecule has 0 radical (unpaired) electrons. The van der Waals surface area contributed by atoms with Crippen molar-refractivity contribution in [2.24, 2.45) is 0 Å². The third kappa shape index (κ3) is 2.83. The average Bonchev–Trinajstić information content (AvgIpc) is 2.66. The van der Waals surface area contributed by atoms with Crippen LogP contribution in [0.1, 0.15) is 13.3 Å². The van der Waals surface area contributed by atoms with Crippen molar-refractivity contribution in [1.29, 1.82) is 0 Å². The Morgan fingerprint density at radius 2 is 1.85 bits per heavy atom. The fraction of sp³-hybridized carbons (Fsp3) is 0.250. The number of rotatable bonds is 4. The monoisotopic (exact) mass is 354 g/mol. The van der Waals surface area contributed by atoms with Crippen LogP contribution in [0.3, 0.4) is 0 Å². The summed E-state index contributed by atoms with van der Waals surface area (Å²) < 4.78 is 22.2. The fourth-order valence-corrected chi connectivity index (χ4v) is 3.01. The van der Waals surface area contributed by atoms with E-state index < -0.39 is 5.63 Å². The zero-order valence-corrected chi connectivity index (χ0v) is 14.3. The SMILES string of the molecule is CCCOc1ccc2c(-c3ccc(O)c4c3OCCO4)cc(=O)oc2c1. The molecule has 1 aliphatic heterocycles. The van der Waals surface area contributed by atoms with Crippen molar-refractivity contribution in [2.75, 3.05) is 19.8 Å². The van der Waals surface area contributed by atoms with Gasteiger partial charge in [0.25, 0.3) is 0 Å². The van der Waals surface area contributed by atoms with Crippen LogP contribution in [0.2, 0.25) is 0 Å². The lowest BCUT2D eigenvalue weighted by molar-refractivity contribution is 0.166. The van der Waals surface area contributed by atoms with Crippen molar-refractivity contribution in [2.45, 2.75) is 13.3 Å². The summed E-state index contributed by atoms with van der Waals surface area (Å²) in [5.74, 6) is 1.37. The van der Waals surface area contributed by atoms with Crippen molar-refractivity contribution in [3.63, 3.8) is 0 Å². The molecule has 134 valence electrons. The van der Waals surface area contributed by atoms with E-state index in [2.05, 4.69) is 0 Å².